The highest BCUT2D eigenvalue weighted by molar-refractivity contribution is 7.80. The van der Waals surface area contributed by atoms with Crippen molar-refractivity contribution in [2.75, 3.05) is 13.1 Å². The Kier molecular flexibility index (Phi) is 4.13. The molecule has 0 radical (unpaired) electrons. The minimum atomic E-state index is 0.457. The van der Waals surface area contributed by atoms with Crippen molar-refractivity contribution in [2.24, 2.45) is 11.7 Å². The summed E-state index contributed by atoms with van der Waals surface area (Å²) in [7, 11) is 0. The third kappa shape index (κ3) is 3.27. The van der Waals surface area contributed by atoms with Crippen LogP contribution >= 0.6 is 12.2 Å². The van der Waals surface area contributed by atoms with Crippen molar-refractivity contribution in [3.63, 3.8) is 0 Å². The molecule has 1 aliphatic heterocycles. The maximum atomic E-state index is 5.70. The lowest BCUT2D eigenvalue weighted by molar-refractivity contribution is 0.202. The molecule has 17 heavy (non-hydrogen) atoms. The molecule has 2 nitrogen and oxygen atoms in total. The van der Waals surface area contributed by atoms with Gasteiger partial charge in [-0.05, 0) is 44.0 Å². The van der Waals surface area contributed by atoms with Gasteiger partial charge in [-0.2, -0.15) is 0 Å². The molecule has 0 saturated carbocycles. The largest absolute Gasteiger partial charge is 0.393 e. The lowest BCUT2D eigenvalue weighted by Gasteiger charge is -2.31. The summed E-state index contributed by atoms with van der Waals surface area (Å²) in [6, 6.07) is 8.61. The van der Waals surface area contributed by atoms with E-state index in [-0.39, 0.29) is 0 Å². The zero-order valence-corrected chi connectivity index (χ0v) is 11.2. The number of piperidine rings is 1. The molecule has 3 heteroatoms. The molecule has 1 aromatic rings. The Morgan fingerprint density at radius 1 is 1.35 bits per heavy atom. The number of hydrogen-bond acceptors (Lipinski definition) is 2. The van der Waals surface area contributed by atoms with E-state index in [1.54, 1.807) is 0 Å². The number of hydrogen-bond donors (Lipinski definition) is 1. The second-order valence-electron chi connectivity index (χ2n) is 4.88. The molecular formula is C14H20N2S. The van der Waals surface area contributed by atoms with Gasteiger partial charge < -0.3 is 5.73 Å². The second-order valence-corrected chi connectivity index (χ2v) is 5.35. The summed E-state index contributed by atoms with van der Waals surface area (Å²) < 4.78 is 0. The molecule has 0 atom stereocenters. The number of aryl methyl sites for hydroxylation is 1. The lowest BCUT2D eigenvalue weighted by Crippen LogP contribution is -2.37. The Labute approximate surface area is 109 Å². The van der Waals surface area contributed by atoms with E-state index >= 15 is 0 Å². The first-order chi connectivity index (χ1) is 8.16. The molecule has 1 heterocycles. The van der Waals surface area contributed by atoms with Gasteiger partial charge in [-0.25, -0.2) is 0 Å². The van der Waals surface area contributed by atoms with Crippen LogP contribution < -0.4 is 5.73 Å². The quantitative estimate of drug-likeness (QED) is 0.833. The molecular weight excluding hydrogens is 228 g/mol. The molecule has 0 aliphatic carbocycles. The molecule has 1 fully saturated rings. The van der Waals surface area contributed by atoms with Crippen LogP contribution in [-0.2, 0) is 6.54 Å². The standard InChI is InChI=1S/C14H20N2S/c1-11-4-2-3-5-13(11)10-16-8-6-12(7-9-16)14(15)17/h2-5,12H,6-10H2,1H3,(H2,15,17). The van der Waals surface area contributed by atoms with Crippen molar-refractivity contribution < 1.29 is 0 Å². The summed E-state index contributed by atoms with van der Waals surface area (Å²) in [6.07, 6.45) is 2.22. The maximum absolute atomic E-state index is 5.70. The van der Waals surface area contributed by atoms with Crippen molar-refractivity contribution in [3.8, 4) is 0 Å². The van der Waals surface area contributed by atoms with Gasteiger partial charge in [0.05, 0.1) is 4.99 Å². The van der Waals surface area contributed by atoms with Gasteiger partial charge in [0.1, 0.15) is 0 Å². The van der Waals surface area contributed by atoms with Crippen LogP contribution in [0.5, 0.6) is 0 Å². The highest BCUT2D eigenvalue weighted by atomic mass is 32.1. The SMILES string of the molecule is Cc1ccccc1CN1CCC(C(N)=S)CC1. The van der Waals surface area contributed by atoms with Crippen molar-refractivity contribution in [2.45, 2.75) is 26.3 Å². The van der Waals surface area contributed by atoms with Gasteiger partial charge in [-0.15, -0.1) is 0 Å². The number of nitrogens with zero attached hydrogens (tertiary/aromatic N) is 1. The summed E-state index contributed by atoms with van der Waals surface area (Å²) in [5.74, 6) is 0.457. The average Bonchev–Trinajstić information content (AvgIpc) is 2.33. The Hall–Kier alpha value is -0.930. The van der Waals surface area contributed by atoms with E-state index < -0.39 is 0 Å². The summed E-state index contributed by atoms with van der Waals surface area (Å²) in [4.78, 5) is 3.19. The topological polar surface area (TPSA) is 29.3 Å². The highest BCUT2D eigenvalue weighted by Gasteiger charge is 2.21. The van der Waals surface area contributed by atoms with Crippen LogP contribution in [-0.4, -0.2) is 23.0 Å². The van der Waals surface area contributed by atoms with Crippen LogP contribution in [0.3, 0.4) is 0 Å². The summed E-state index contributed by atoms with van der Waals surface area (Å²) in [6.45, 7) is 5.44. The van der Waals surface area contributed by atoms with Gasteiger partial charge in [-0.1, -0.05) is 36.5 Å². The van der Waals surface area contributed by atoms with Crippen LogP contribution in [0, 0.1) is 12.8 Å². The van der Waals surface area contributed by atoms with Crippen LogP contribution in [0.2, 0.25) is 0 Å². The Morgan fingerprint density at radius 3 is 2.59 bits per heavy atom. The van der Waals surface area contributed by atoms with Gasteiger partial charge in [0.15, 0.2) is 0 Å². The molecule has 1 aromatic carbocycles. The van der Waals surface area contributed by atoms with Gasteiger partial charge in [0.2, 0.25) is 0 Å². The van der Waals surface area contributed by atoms with Crippen molar-refractivity contribution >= 4 is 17.2 Å². The first-order valence-electron chi connectivity index (χ1n) is 6.23. The molecule has 0 amide bonds. The molecule has 2 N–H and O–H groups in total. The third-order valence-electron chi connectivity index (χ3n) is 3.65. The first kappa shape index (κ1) is 12.5. The highest BCUT2D eigenvalue weighted by Crippen LogP contribution is 2.20. The molecule has 2 rings (SSSR count). The van der Waals surface area contributed by atoms with E-state index in [1.807, 2.05) is 0 Å². The molecule has 92 valence electrons. The average molecular weight is 248 g/mol. The van der Waals surface area contributed by atoms with Crippen LogP contribution in [0.25, 0.3) is 0 Å². The molecule has 0 spiro atoms. The van der Waals surface area contributed by atoms with Gasteiger partial charge in [0, 0.05) is 12.5 Å². The number of nitrogens with two attached hydrogens (primary N) is 1. The van der Waals surface area contributed by atoms with E-state index in [0.29, 0.717) is 10.9 Å². The normalized spacial score (nSPS) is 18.2. The first-order valence-corrected chi connectivity index (χ1v) is 6.64. The summed E-state index contributed by atoms with van der Waals surface area (Å²) in [5, 5.41) is 0. The van der Waals surface area contributed by atoms with Crippen molar-refractivity contribution in [1.29, 1.82) is 0 Å². The zero-order chi connectivity index (χ0) is 12.3. The van der Waals surface area contributed by atoms with Crippen molar-refractivity contribution in [3.05, 3.63) is 35.4 Å². The van der Waals surface area contributed by atoms with E-state index in [1.165, 1.54) is 11.1 Å². The van der Waals surface area contributed by atoms with Crippen LogP contribution in [0.1, 0.15) is 24.0 Å². The van der Waals surface area contributed by atoms with E-state index in [0.717, 1.165) is 32.5 Å². The zero-order valence-electron chi connectivity index (χ0n) is 10.4. The summed E-state index contributed by atoms with van der Waals surface area (Å²) >= 11 is 5.06. The minimum absolute atomic E-state index is 0.457. The minimum Gasteiger partial charge on any atom is -0.393 e. The number of likely N-dealkylation sites (tertiary alicyclic amines) is 1. The van der Waals surface area contributed by atoms with Gasteiger partial charge in [-0.3, -0.25) is 4.90 Å². The lowest BCUT2D eigenvalue weighted by atomic mass is 9.96. The fraction of sp³-hybridized carbons (Fsp3) is 0.500. The third-order valence-corrected chi connectivity index (χ3v) is 3.98. The summed E-state index contributed by atoms with van der Waals surface area (Å²) in [5.41, 5.74) is 8.51. The van der Waals surface area contributed by atoms with E-state index in [9.17, 15) is 0 Å². The maximum Gasteiger partial charge on any atom is 0.0759 e. The van der Waals surface area contributed by atoms with E-state index in [4.69, 9.17) is 18.0 Å². The molecule has 1 aliphatic rings. The predicted octanol–water partition coefficient (Wildman–Crippen LogP) is 2.49. The number of rotatable bonds is 3. The number of benzene rings is 1. The Morgan fingerprint density at radius 2 is 2.00 bits per heavy atom. The smallest absolute Gasteiger partial charge is 0.0759 e. The Balaban J connectivity index is 1.90. The van der Waals surface area contributed by atoms with Crippen molar-refractivity contribution in [1.82, 2.24) is 4.90 Å². The fourth-order valence-electron chi connectivity index (χ4n) is 2.40. The van der Waals surface area contributed by atoms with Gasteiger partial charge in [0.25, 0.3) is 0 Å². The van der Waals surface area contributed by atoms with Crippen LogP contribution in [0.4, 0.5) is 0 Å². The second kappa shape index (κ2) is 5.61. The van der Waals surface area contributed by atoms with Gasteiger partial charge >= 0.3 is 0 Å². The predicted molar refractivity (Wildman–Crippen MR) is 76.0 cm³/mol. The number of thiocarbonyl (C=S) groups is 1. The Bertz CT molecular complexity index is 395. The molecule has 1 saturated heterocycles. The molecule has 0 bridgehead atoms. The fourth-order valence-corrected chi connectivity index (χ4v) is 2.64. The molecule has 0 aromatic heterocycles. The molecule has 0 unspecified atom stereocenters. The van der Waals surface area contributed by atoms with E-state index in [2.05, 4.69) is 36.1 Å². The van der Waals surface area contributed by atoms with Crippen LogP contribution in [0.15, 0.2) is 24.3 Å². The monoisotopic (exact) mass is 248 g/mol.